The number of hydrogen-bond acceptors (Lipinski definition) is 4. The van der Waals surface area contributed by atoms with Crippen LogP contribution in [-0.2, 0) is 0 Å². The maximum absolute atomic E-state index is 12.2. The van der Waals surface area contributed by atoms with Crippen LogP contribution in [0, 0.1) is 0 Å². The van der Waals surface area contributed by atoms with Gasteiger partial charge in [-0.1, -0.05) is 35.9 Å². The maximum Gasteiger partial charge on any atom is 0.258 e. The van der Waals surface area contributed by atoms with Crippen LogP contribution in [0.1, 0.15) is 10.4 Å². The molecule has 0 saturated carbocycles. The third kappa shape index (κ3) is 3.75. The fraction of sp³-hybridized carbons (Fsp3) is 0.0588. The molecule has 1 aromatic heterocycles. The lowest BCUT2D eigenvalue weighted by atomic mass is 10.2. The summed E-state index contributed by atoms with van der Waals surface area (Å²) in [4.78, 5) is 17.9. The highest BCUT2D eigenvalue weighted by molar-refractivity contribution is 7.98. The largest absolute Gasteiger partial charge is 0.298 e. The normalized spacial score (nSPS) is 10.5. The van der Waals surface area contributed by atoms with Gasteiger partial charge in [-0.05, 0) is 30.5 Å². The number of nitrogens with one attached hydrogen (secondary N) is 1. The van der Waals surface area contributed by atoms with Gasteiger partial charge in [0.25, 0.3) is 5.91 Å². The number of aromatic nitrogens is 1. The summed E-state index contributed by atoms with van der Waals surface area (Å²) in [5, 5.41) is 5.70. The Morgan fingerprint density at radius 1 is 1.17 bits per heavy atom. The third-order valence-electron chi connectivity index (χ3n) is 3.23. The van der Waals surface area contributed by atoms with Crippen molar-refractivity contribution in [3.8, 4) is 11.3 Å². The molecular weight excluding hydrogens is 348 g/mol. The highest BCUT2D eigenvalue weighted by atomic mass is 35.5. The first-order chi connectivity index (χ1) is 11.2. The molecule has 116 valence electrons. The van der Waals surface area contributed by atoms with Crippen molar-refractivity contribution in [1.29, 1.82) is 0 Å². The number of halogens is 1. The average Bonchev–Trinajstić information content (AvgIpc) is 3.03. The van der Waals surface area contributed by atoms with E-state index in [0.717, 1.165) is 11.3 Å². The summed E-state index contributed by atoms with van der Waals surface area (Å²) >= 11 is 9.12. The van der Waals surface area contributed by atoms with E-state index in [0.29, 0.717) is 15.7 Å². The van der Waals surface area contributed by atoms with Crippen molar-refractivity contribution in [1.82, 2.24) is 4.98 Å². The molecule has 0 aliphatic heterocycles. The molecule has 0 bridgehead atoms. The summed E-state index contributed by atoms with van der Waals surface area (Å²) in [5.74, 6) is -0.255. The Labute approximate surface area is 147 Å². The standard InChI is InChI=1S/C17H13ClN2OS2/c1-22-12-8-6-11(7-9-12)15-10-23-17(19-15)20-16(21)13-4-2-3-5-14(13)18/h2-10H,1H3,(H,19,20,21). The van der Waals surface area contributed by atoms with Crippen LogP contribution in [0.15, 0.2) is 58.8 Å². The molecule has 23 heavy (non-hydrogen) atoms. The second-order valence-electron chi connectivity index (χ2n) is 4.70. The minimum Gasteiger partial charge on any atom is -0.298 e. The van der Waals surface area contributed by atoms with Gasteiger partial charge in [-0.3, -0.25) is 10.1 Å². The van der Waals surface area contributed by atoms with Gasteiger partial charge >= 0.3 is 0 Å². The number of carbonyl (C=O) groups excluding carboxylic acids is 1. The molecule has 3 nitrogen and oxygen atoms in total. The molecule has 0 unspecified atom stereocenters. The molecule has 0 fully saturated rings. The SMILES string of the molecule is CSc1ccc(-c2csc(NC(=O)c3ccccc3Cl)n2)cc1. The lowest BCUT2D eigenvalue weighted by molar-refractivity contribution is 0.102. The number of nitrogens with zero attached hydrogens (tertiary/aromatic N) is 1. The first kappa shape index (κ1) is 16.1. The molecule has 2 aromatic carbocycles. The van der Waals surface area contributed by atoms with Gasteiger partial charge in [0.15, 0.2) is 5.13 Å². The van der Waals surface area contributed by atoms with Crippen LogP contribution >= 0.6 is 34.7 Å². The summed E-state index contributed by atoms with van der Waals surface area (Å²) < 4.78 is 0. The highest BCUT2D eigenvalue weighted by Crippen LogP contribution is 2.27. The predicted molar refractivity (Wildman–Crippen MR) is 98.7 cm³/mol. The van der Waals surface area contributed by atoms with E-state index in [9.17, 15) is 4.79 Å². The van der Waals surface area contributed by atoms with Crippen LogP contribution in [0.25, 0.3) is 11.3 Å². The Bertz CT molecular complexity index is 831. The lowest BCUT2D eigenvalue weighted by Gasteiger charge is -2.03. The van der Waals surface area contributed by atoms with Crippen molar-refractivity contribution in [3.63, 3.8) is 0 Å². The molecule has 3 aromatic rings. The summed E-state index contributed by atoms with van der Waals surface area (Å²) in [5.41, 5.74) is 2.31. The van der Waals surface area contributed by atoms with Crippen molar-refractivity contribution >= 4 is 45.7 Å². The van der Waals surface area contributed by atoms with E-state index in [4.69, 9.17) is 11.6 Å². The lowest BCUT2D eigenvalue weighted by Crippen LogP contribution is -2.12. The number of benzene rings is 2. The zero-order valence-electron chi connectivity index (χ0n) is 12.2. The van der Waals surface area contributed by atoms with Crippen LogP contribution in [0.3, 0.4) is 0 Å². The second kappa shape index (κ2) is 7.17. The highest BCUT2D eigenvalue weighted by Gasteiger charge is 2.12. The van der Waals surface area contributed by atoms with Gasteiger partial charge in [-0.2, -0.15) is 0 Å². The Hall–Kier alpha value is -1.82. The number of rotatable bonds is 4. The fourth-order valence-electron chi connectivity index (χ4n) is 2.04. The van der Waals surface area contributed by atoms with Gasteiger partial charge in [0, 0.05) is 15.8 Å². The number of anilines is 1. The average molecular weight is 361 g/mol. The second-order valence-corrected chi connectivity index (χ2v) is 6.85. The first-order valence-corrected chi connectivity index (χ1v) is 9.31. The summed E-state index contributed by atoms with van der Waals surface area (Å²) in [6.45, 7) is 0. The molecule has 1 heterocycles. The number of thiazole rings is 1. The summed E-state index contributed by atoms with van der Waals surface area (Å²) in [6.07, 6.45) is 2.04. The van der Waals surface area contributed by atoms with Crippen LogP contribution in [0.5, 0.6) is 0 Å². The molecule has 0 aliphatic carbocycles. The summed E-state index contributed by atoms with van der Waals surface area (Å²) in [7, 11) is 0. The molecule has 0 spiro atoms. The summed E-state index contributed by atoms with van der Waals surface area (Å²) in [6, 6.07) is 15.1. The molecule has 3 rings (SSSR count). The zero-order chi connectivity index (χ0) is 16.2. The van der Waals surface area contributed by atoms with Crippen LogP contribution in [0.2, 0.25) is 5.02 Å². The third-order valence-corrected chi connectivity index (χ3v) is 5.06. The van der Waals surface area contributed by atoms with E-state index in [2.05, 4.69) is 22.4 Å². The molecule has 1 N–H and O–H groups in total. The van der Waals surface area contributed by atoms with E-state index < -0.39 is 0 Å². The van der Waals surface area contributed by atoms with Crippen molar-refractivity contribution in [2.24, 2.45) is 0 Å². The molecule has 0 aliphatic rings. The monoisotopic (exact) mass is 360 g/mol. The molecule has 0 saturated heterocycles. The topological polar surface area (TPSA) is 42.0 Å². The molecule has 6 heteroatoms. The smallest absolute Gasteiger partial charge is 0.258 e. The molecule has 1 amide bonds. The van der Waals surface area contributed by atoms with Gasteiger partial charge in [-0.15, -0.1) is 23.1 Å². The maximum atomic E-state index is 12.2. The Morgan fingerprint density at radius 2 is 1.91 bits per heavy atom. The number of hydrogen-bond donors (Lipinski definition) is 1. The van der Waals surface area contributed by atoms with Gasteiger partial charge < -0.3 is 0 Å². The Balaban J connectivity index is 1.76. The predicted octanol–water partition coefficient (Wildman–Crippen LogP) is 5.44. The van der Waals surface area contributed by atoms with Gasteiger partial charge in [0.1, 0.15) is 0 Å². The molecular formula is C17H13ClN2OS2. The zero-order valence-corrected chi connectivity index (χ0v) is 14.6. The van der Waals surface area contributed by atoms with Crippen molar-refractivity contribution in [3.05, 3.63) is 64.5 Å². The Kier molecular flexibility index (Phi) is 5.00. The Morgan fingerprint density at radius 3 is 2.61 bits per heavy atom. The van der Waals surface area contributed by atoms with Crippen LogP contribution < -0.4 is 5.32 Å². The molecule has 0 atom stereocenters. The van der Waals surface area contributed by atoms with Gasteiger partial charge in [0.2, 0.25) is 0 Å². The number of amides is 1. The van der Waals surface area contributed by atoms with E-state index in [1.54, 1.807) is 36.0 Å². The fourth-order valence-corrected chi connectivity index (χ4v) is 3.38. The minimum atomic E-state index is -0.255. The quantitative estimate of drug-likeness (QED) is 0.630. The number of thioether (sulfide) groups is 1. The molecule has 0 radical (unpaired) electrons. The number of carbonyl (C=O) groups is 1. The van der Waals surface area contributed by atoms with Crippen LogP contribution in [0.4, 0.5) is 5.13 Å². The minimum absolute atomic E-state index is 0.255. The van der Waals surface area contributed by atoms with E-state index in [1.165, 1.54) is 16.2 Å². The van der Waals surface area contributed by atoms with E-state index in [1.807, 2.05) is 23.8 Å². The van der Waals surface area contributed by atoms with E-state index in [-0.39, 0.29) is 5.91 Å². The van der Waals surface area contributed by atoms with Crippen molar-refractivity contribution < 1.29 is 4.79 Å². The first-order valence-electron chi connectivity index (χ1n) is 6.83. The van der Waals surface area contributed by atoms with Crippen molar-refractivity contribution in [2.75, 3.05) is 11.6 Å². The van der Waals surface area contributed by atoms with E-state index >= 15 is 0 Å². The van der Waals surface area contributed by atoms with Gasteiger partial charge in [-0.25, -0.2) is 4.98 Å². The van der Waals surface area contributed by atoms with Crippen LogP contribution in [-0.4, -0.2) is 17.1 Å². The van der Waals surface area contributed by atoms with Gasteiger partial charge in [0.05, 0.1) is 16.3 Å². The van der Waals surface area contributed by atoms with Crippen molar-refractivity contribution in [2.45, 2.75) is 4.90 Å².